The Bertz CT molecular complexity index is 489. The van der Waals surface area contributed by atoms with E-state index in [0.717, 1.165) is 12.8 Å². The van der Waals surface area contributed by atoms with Gasteiger partial charge in [-0.2, -0.15) is 0 Å². The molecule has 0 aromatic carbocycles. The van der Waals surface area contributed by atoms with Gasteiger partial charge >= 0.3 is 0 Å². The molecule has 1 aromatic heterocycles. The highest BCUT2D eigenvalue weighted by atomic mass is 35.5. The van der Waals surface area contributed by atoms with Crippen molar-refractivity contribution in [3.8, 4) is 0 Å². The number of hydrogen-bond donors (Lipinski definition) is 2. The van der Waals surface area contributed by atoms with E-state index in [9.17, 15) is 4.79 Å². The smallest absolute Gasteiger partial charge is 0.231 e. The molecular weight excluding hydrogens is 294 g/mol. The van der Waals surface area contributed by atoms with Crippen LogP contribution in [0.3, 0.4) is 0 Å². The monoisotopic (exact) mass is 315 g/mol. The molecule has 4 atom stereocenters. The van der Waals surface area contributed by atoms with Crippen molar-refractivity contribution in [3.05, 3.63) is 11.1 Å². The summed E-state index contributed by atoms with van der Waals surface area (Å²) in [6.07, 6.45) is 5.34. The molecule has 0 aliphatic heterocycles. The Kier molecular flexibility index (Phi) is 4.72. The summed E-state index contributed by atoms with van der Waals surface area (Å²) in [5.41, 5.74) is 6.19. The van der Waals surface area contributed by atoms with Crippen molar-refractivity contribution in [2.75, 3.05) is 5.32 Å². The Labute approximate surface area is 129 Å². The number of hydrogen-bond acceptors (Lipinski definition) is 4. The Balaban J connectivity index is 0.00000147. The van der Waals surface area contributed by atoms with Gasteiger partial charge in [-0.1, -0.05) is 13.8 Å². The summed E-state index contributed by atoms with van der Waals surface area (Å²) in [6, 6.07) is 0.0447. The Morgan fingerprint density at radius 3 is 2.70 bits per heavy atom. The Morgan fingerprint density at radius 2 is 2.15 bits per heavy atom. The van der Waals surface area contributed by atoms with Gasteiger partial charge in [0.1, 0.15) is 0 Å². The van der Waals surface area contributed by atoms with Crippen LogP contribution in [0.5, 0.6) is 0 Å². The Hall–Kier alpha value is -0.650. The van der Waals surface area contributed by atoms with Crippen LogP contribution in [0.15, 0.2) is 6.20 Å². The molecule has 6 heteroatoms. The first-order valence-electron chi connectivity index (χ1n) is 7.08. The molecule has 0 spiro atoms. The van der Waals surface area contributed by atoms with E-state index in [1.807, 2.05) is 6.20 Å². The van der Waals surface area contributed by atoms with Gasteiger partial charge in [-0.3, -0.25) is 4.79 Å². The van der Waals surface area contributed by atoms with Crippen LogP contribution in [0.4, 0.5) is 5.13 Å². The van der Waals surface area contributed by atoms with Crippen molar-refractivity contribution in [1.82, 2.24) is 4.98 Å². The van der Waals surface area contributed by atoms with Gasteiger partial charge < -0.3 is 11.1 Å². The molecule has 2 aliphatic carbocycles. The summed E-state index contributed by atoms with van der Waals surface area (Å²) < 4.78 is 0. The van der Waals surface area contributed by atoms with E-state index in [1.54, 1.807) is 11.3 Å². The third-order valence-corrected chi connectivity index (χ3v) is 5.82. The summed E-state index contributed by atoms with van der Waals surface area (Å²) in [7, 11) is 0. The molecule has 1 heterocycles. The highest BCUT2D eigenvalue weighted by Crippen LogP contribution is 2.48. The van der Waals surface area contributed by atoms with Gasteiger partial charge in [-0.05, 0) is 37.0 Å². The zero-order chi connectivity index (χ0) is 13.6. The number of nitrogens with zero attached hydrogens (tertiary/aromatic N) is 1. The largest absolute Gasteiger partial charge is 0.327 e. The first kappa shape index (κ1) is 15.7. The molecule has 2 saturated carbocycles. The average molecular weight is 316 g/mol. The molecule has 0 radical (unpaired) electrons. The number of nitrogens with two attached hydrogens (primary N) is 1. The second-order valence-electron chi connectivity index (χ2n) is 6.15. The maximum Gasteiger partial charge on any atom is 0.231 e. The minimum absolute atomic E-state index is 0. The van der Waals surface area contributed by atoms with Crippen LogP contribution in [0.2, 0.25) is 0 Å². The standard InChI is InChI=1S/C14H21N3OS.ClH/c1-7(2)10-6-16-14(19-10)17-13(18)11-8-3-4-9(5-8)12(11)15;/h6-9,11-12H,3-5,15H2,1-2H3,(H,16,17,18);1H. The van der Waals surface area contributed by atoms with Crippen LogP contribution in [-0.4, -0.2) is 16.9 Å². The molecule has 4 unspecified atom stereocenters. The molecule has 1 amide bonds. The summed E-state index contributed by atoms with van der Waals surface area (Å²) in [6.45, 7) is 4.26. The summed E-state index contributed by atoms with van der Waals surface area (Å²) in [5.74, 6) is 1.57. The molecule has 0 saturated heterocycles. The number of aromatic nitrogens is 1. The van der Waals surface area contributed by atoms with Crippen LogP contribution in [0.25, 0.3) is 0 Å². The predicted octanol–water partition coefficient (Wildman–Crippen LogP) is 3.00. The van der Waals surface area contributed by atoms with Crippen molar-refractivity contribution in [1.29, 1.82) is 0 Å². The van der Waals surface area contributed by atoms with Crippen molar-refractivity contribution >= 4 is 34.8 Å². The third-order valence-electron chi connectivity index (χ3n) is 4.61. The fraction of sp³-hybridized carbons (Fsp3) is 0.714. The quantitative estimate of drug-likeness (QED) is 0.901. The number of amides is 1. The van der Waals surface area contributed by atoms with Crippen LogP contribution >= 0.6 is 23.7 Å². The SMILES string of the molecule is CC(C)c1cnc(NC(=O)C2C3CCC(C3)C2N)s1.Cl. The third kappa shape index (κ3) is 2.71. The maximum atomic E-state index is 12.4. The first-order valence-corrected chi connectivity index (χ1v) is 7.90. The van der Waals surface area contributed by atoms with Gasteiger partial charge in [0.15, 0.2) is 5.13 Å². The fourth-order valence-corrected chi connectivity index (χ4v) is 4.35. The number of carbonyl (C=O) groups excluding carboxylic acids is 1. The van der Waals surface area contributed by atoms with Crippen molar-refractivity contribution < 1.29 is 4.79 Å². The zero-order valence-corrected chi connectivity index (χ0v) is 13.5. The minimum Gasteiger partial charge on any atom is -0.327 e. The Morgan fingerprint density at radius 1 is 1.45 bits per heavy atom. The lowest BCUT2D eigenvalue weighted by molar-refractivity contribution is -0.121. The van der Waals surface area contributed by atoms with Crippen molar-refractivity contribution in [2.45, 2.75) is 45.1 Å². The van der Waals surface area contributed by atoms with E-state index >= 15 is 0 Å². The lowest BCUT2D eigenvalue weighted by Gasteiger charge is -2.26. The number of thiazole rings is 1. The van der Waals surface area contributed by atoms with E-state index in [4.69, 9.17) is 5.73 Å². The van der Waals surface area contributed by atoms with E-state index < -0.39 is 0 Å². The number of rotatable bonds is 3. The average Bonchev–Trinajstić information content (AvgIpc) is 3.02. The van der Waals surface area contributed by atoms with Gasteiger partial charge in [-0.25, -0.2) is 4.98 Å². The molecule has 1 aromatic rings. The van der Waals surface area contributed by atoms with Gasteiger partial charge in [0.05, 0.1) is 5.92 Å². The number of halogens is 1. The second kappa shape index (κ2) is 6.00. The molecule has 2 bridgehead atoms. The molecule has 3 rings (SSSR count). The maximum absolute atomic E-state index is 12.4. The van der Waals surface area contributed by atoms with Crippen LogP contribution in [0.1, 0.15) is 43.9 Å². The van der Waals surface area contributed by atoms with Gasteiger partial charge in [0.25, 0.3) is 0 Å². The van der Waals surface area contributed by atoms with Crippen LogP contribution < -0.4 is 11.1 Å². The van der Waals surface area contributed by atoms with E-state index in [1.165, 1.54) is 11.3 Å². The number of carbonyl (C=O) groups is 1. The van der Waals surface area contributed by atoms with E-state index in [0.29, 0.717) is 22.9 Å². The molecule has 4 nitrogen and oxygen atoms in total. The number of fused-ring (bicyclic) bond motifs is 2. The number of nitrogens with one attached hydrogen (secondary N) is 1. The second-order valence-corrected chi connectivity index (χ2v) is 7.21. The molecule has 20 heavy (non-hydrogen) atoms. The van der Waals surface area contributed by atoms with Crippen molar-refractivity contribution in [2.24, 2.45) is 23.5 Å². The first-order chi connectivity index (χ1) is 9.06. The number of anilines is 1. The molecule has 112 valence electrons. The fourth-order valence-electron chi connectivity index (χ4n) is 3.52. The highest BCUT2D eigenvalue weighted by molar-refractivity contribution is 7.15. The topological polar surface area (TPSA) is 68.0 Å². The normalized spacial score (nSPS) is 31.4. The molecular formula is C14H22ClN3OS. The lowest BCUT2D eigenvalue weighted by Crippen LogP contribution is -2.42. The van der Waals surface area contributed by atoms with Crippen LogP contribution in [0, 0.1) is 17.8 Å². The minimum atomic E-state index is -0.00912. The predicted molar refractivity (Wildman–Crippen MR) is 84.4 cm³/mol. The summed E-state index contributed by atoms with van der Waals surface area (Å²) in [5, 5.41) is 3.67. The van der Waals surface area contributed by atoms with Crippen molar-refractivity contribution in [3.63, 3.8) is 0 Å². The van der Waals surface area contributed by atoms with Crippen LogP contribution in [-0.2, 0) is 4.79 Å². The summed E-state index contributed by atoms with van der Waals surface area (Å²) in [4.78, 5) is 17.9. The molecule has 3 N–H and O–H groups in total. The zero-order valence-electron chi connectivity index (χ0n) is 11.8. The van der Waals surface area contributed by atoms with E-state index in [2.05, 4.69) is 24.1 Å². The summed E-state index contributed by atoms with van der Waals surface area (Å²) >= 11 is 1.57. The highest BCUT2D eigenvalue weighted by Gasteiger charge is 2.49. The van der Waals surface area contributed by atoms with Gasteiger partial charge in [-0.15, -0.1) is 23.7 Å². The molecule has 2 aliphatic rings. The van der Waals surface area contributed by atoms with E-state index in [-0.39, 0.29) is 30.3 Å². The lowest BCUT2D eigenvalue weighted by atomic mass is 9.84. The van der Waals surface area contributed by atoms with Gasteiger partial charge in [0, 0.05) is 17.1 Å². The van der Waals surface area contributed by atoms with Gasteiger partial charge in [0.2, 0.25) is 5.91 Å². The molecule has 2 fully saturated rings.